The Kier molecular flexibility index (Phi) is 6.25. The number of benzene rings is 3. The lowest BCUT2D eigenvalue weighted by molar-refractivity contribution is -0.138. The maximum atomic E-state index is 12.8. The summed E-state index contributed by atoms with van der Waals surface area (Å²) < 4.78 is 0. The van der Waals surface area contributed by atoms with Gasteiger partial charge in [-0.3, -0.25) is 19.3 Å². The minimum Gasteiger partial charge on any atom is -0.350 e. The number of hydrogen-bond acceptors (Lipinski definition) is 4. The Bertz CT molecular complexity index is 1220. The van der Waals surface area contributed by atoms with Crippen molar-refractivity contribution in [3.8, 4) is 0 Å². The summed E-state index contributed by atoms with van der Waals surface area (Å²) in [5.74, 6) is -1.37. The highest BCUT2D eigenvalue weighted by molar-refractivity contribution is 6.48. The number of carbonyl (C=O) groups is 3. The smallest absolute Gasteiger partial charge is 0.279 e. The summed E-state index contributed by atoms with van der Waals surface area (Å²) >= 11 is 12.1. The number of nitrogens with zero attached hydrogens (tertiary/aromatic N) is 1. The first-order valence-electron chi connectivity index (χ1n) is 9.66. The number of anilines is 2. The molecule has 0 bridgehead atoms. The molecular weight excluding hydrogens is 449 g/mol. The van der Waals surface area contributed by atoms with Crippen LogP contribution in [0.5, 0.6) is 0 Å². The van der Waals surface area contributed by atoms with E-state index >= 15 is 0 Å². The number of halogens is 2. The van der Waals surface area contributed by atoms with E-state index in [0.29, 0.717) is 22.0 Å². The summed E-state index contributed by atoms with van der Waals surface area (Å²) in [5.41, 5.74) is 2.32. The molecule has 0 unspecified atom stereocenters. The van der Waals surface area contributed by atoms with Crippen molar-refractivity contribution in [1.29, 1.82) is 0 Å². The molecular formula is C24H17Cl2N3O3. The summed E-state index contributed by atoms with van der Waals surface area (Å²) in [7, 11) is 0. The number of carbonyl (C=O) groups excluding carboxylic acids is 3. The Morgan fingerprint density at radius 2 is 1.53 bits per heavy atom. The number of rotatable bonds is 6. The maximum absolute atomic E-state index is 12.8. The van der Waals surface area contributed by atoms with Gasteiger partial charge in [0.25, 0.3) is 17.7 Å². The lowest BCUT2D eigenvalue weighted by atomic mass is 10.2. The predicted molar refractivity (Wildman–Crippen MR) is 124 cm³/mol. The SMILES string of the molecule is O=C(Nc1cccc(Cl)c1)c1ccc(NC2=C(Cl)C(=O)N(Cc3ccccc3)C2=O)cc1. The molecule has 4 rings (SSSR count). The molecule has 32 heavy (non-hydrogen) atoms. The first-order chi connectivity index (χ1) is 15.4. The van der Waals surface area contributed by atoms with E-state index in [9.17, 15) is 14.4 Å². The largest absolute Gasteiger partial charge is 0.350 e. The second-order valence-electron chi connectivity index (χ2n) is 7.04. The van der Waals surface area contributed by atoms with E-state index in [-0.39, 0.29) is 23.2 Å². The monoisotopic (exact) mass is 465 g/mol. The minimum atomic E-state index is -0.555. The molecule has 0 saturated carbocycles. The van der Waals surface area contributed by atoms with E-state index in [1.54, 1.807) is 48.5 Å². The molecule has 8 heteroatoms. The van der Waals surface area contributed by atoms with Crippen molar-refractivity contribution in [3.05, 3.63) is 106 Å². The third-order valence-corrected chi connectivity index (χ3v) is 5.38. The van der Waals surface area contributed by atoms with Crippen molar-refractivity contribution < 1.29 is 14.4 Å². The summed E-state index contributed by atoms with van der Waals surface area (Å²) in [4.78, 5) is 38.8. The van der Waals surface area contributed by atoms with Gasteiger partial charge < -0.3 is 10.6 Å². The Balaban J connectivity index is 1.44. The predicted octanol–water partition coefficient (Wildman–Crippen LogP) is 5.02. The van der Waals surface area contributed by atoms with Crippen molar-refractivity contribution in [1.82, 2.24) is 4.90 Å². The van der Waals surface area contributed by atoms with Crippen LogP contribution >= 0.6 is 23.2 Å². The van der Waals surface area contributed by atoms with E-state index < -0.39 is 11.8 Å². The molecule has 0 radical (unpaired) electrons. The Labute approximate surface area is 194 Å². The van der Waals surface area contributed by atoms with Gasteiger partial charge in [-0.15, -0.1) is 0 Å². The van der Waals surface area contributed by atoms with E-state index in [1.807, 2.05) is 30.3 Å². The Hall–Kier alpha value is -3.61. The molecule has 0 saturated heterocycles. The minimum absolute atomic E-state index is 0.00345. The molecule has 1 aliphatic rings. The van der Waals surface area contributed by atoms with E-state index in [0.717, 1.165) is 10.5 Å². The molecule has 3 aromatic rings. The highest BCUT2D eigenvalue weighted by Crippen LogP contribution is 2.27. The van der Waals surface area contributed by atoms with Crippen LogP contribution in [0.3, 0.4) is 0 Å². The fourth-order valence-electron chi connectivity index (χ4n) is 3.18. The zero-order valence-corrected chi connectivity index (χ0v) is 18.2. The lowest BCUT2D eigenvalue weighted by Crippen LogP contribution is -2.31. The van der Waals surface area contributed by atoms with E-state index in [4.69, 9.17) is 23.2 Å². The fraction of sp³-hybridized carbons (Fsp3) is 0.0417. The van der Waals surface area contributed by atoms with Crippen LogP contribution in [0.4, 0.5) is 11.4 Å². The van der Waals surface area contributed by atoms with Gasteiger partial charge in [0.15, 0.2) is 0 Å². The van der Waals surface area contributed by atoms with Gasteiger partial charge in [-0.05, 0) is 48.0 Å². The first-order valence-corrected chi connectivity index (χ1v) is 10.4. The van der Waals surface area contributed by atoms with Gasteiger partial charge in [0, 0.05) is 22.0 Å². The molecule has 0 atom stereocenters. The Morgan fingerprint density at radius 1 is 0.812 bits per heavy atom. The van der Waals surface area contributed by atoms with E-state index in [2.05, 4.69) is 10.6 Å². The van der Waals surface area contributed by atoms with Crippen molar-refractivity contribution >= 4 is 52.3 Å². The van der Waals surface area contributed by atoms with Gasteiger partial charge in [-0.2, -0.15) is 0 Å². The average molecular weight is 466 g/mol. The average Bonchev–Trinajstić information content (AvgIpc) is 2.98. The molecule has 1 aliphatic heterocycles. The number of imide groups is 1. The molecule has 6 nitrogen and oxygen atoms in total. The van der Waals surface area contributed by atoms with Crippen molar-refractivity contribution in [2.24, 2.45) is 0 Å². The molecule has 160 valence electrons. The summed E-state index contributed by atoms with van der Waals surface area (Å²) in [6, 6.07) is 22.5. The Morgan fingerprint density at radius 3 is 2.22 bits per heavy atom. The first kappa shape index (κ1) is 21.6. The third-order valence-electron chi connectivity index (χ3n) is 4.79. The van der Waals surface area contributed by atoms with Crippen LogP contribution < -0.4 is 10.6 Å². The summed E-state index contributed by atoms with van der Waals surface area (Å²) in [5, 5.41) is 6.00. The second kappa shape index (κ2) is 9.26. The zero-order valence-electron chi connectivity index (χ0n) is 16.6. The number of amides is 3. The van der Waals surface area contributed by atoms with Crippen LogP contribution in [0, 0.1) is 0 Å². The van der Waals surface area contributed by atoms with Gasteiger partial charge >= 0.3 is 0 Å². The maximum Gasteiger partial charge on any atom is 0.279 e. The molecule has 1 heterocycles. The van der Waals surface area contributed by atoms with Crippen LogP contribution in [0.2, 0.25) is 5.02 Å². The quantitative estimate of drug-likeness (QED) is 0.500. The fourth-order valence-corrected chi connectivity index (χ4v) is 3.60. The molecule has 0 aliphatic carbocycles. The van der Waals surface area contributed by atoms with Crippen molar-refractivity contribution in [2.75, 3.05) is 10.6 Å². The molecule has 0 spiro atoms. The van der Waals surface area contributed by atoms with Crippen LogP contribution in [0.25, 0.3) is 0 Å². The summed E-state index contributed by atoms with van der Waals surface area (Å²) in [6.45, 7) is 0.127. The molecule has 3 amide bonds. The van der Waals surface area contributed by atoms with Gasteiger partial charge in [-0.1, -0.05) is 59.6 Å². The third kappa shape index (κ3) is 4.66. The summed E-state index contributed by atoms with van der Waals surface area (Å²) in [6.07, 6.45) is 0. The normalized spacial score (nSPS) is 13.5. The van der Waals surface area contributed by atoms with Gasteiger partial charge in [0.2, 0.25) is 0 Å². The second-order valence-corrected chi connectivity index (χ2v) is 7.85. The molecule has 0 fully saturated rings. The van der Waals surface area contributed by atoms with Crippen molar-refractivity contribution in [2.45, 2.75) is 6.54 Å². The van der Waals surface area contributed by atoms with Crippen LogP contribution in [0.15, 0.2) is 89.6 Å². The highest BCUT2D eigenvalue weighted by Gasteiger charge is 2.37. The highest BCUT2D eigenvalue weighted by atomic mass is 35.5. The topological polar surface area (TPSA) is 78.5 Å². The zero-order chi connectivity index (χ0) is 22.7. The van der Waals surface area contributed by atoms with Crippen LogP contribution in [-0.4, -0.2) is 22.6 Å². The van der Waals surface area contributed by atoms with Crippen molar-refractivity contribution in [3.63, 3.8) is 0 Å². The molecule has 2 N–H and O–H groups in total. The number of hydrogen-bond donors (Lipinski definition) is 2. The standard InChI is InChI=1S/C24H17Cl2N3O3/c25-17-7-4-8-19(13-17)28-22(30)16-9-11-18(12-10-16)27-21-20(26)23(31)29(24(21)32)14-15-5-2-1-3-6-15/h1-13,27H,14H2,(H,28,30). The molecule has 3 aromatic carbocycles. The lowest BCUT2D eigenvalue weighted by Gasteiger charge is -2.15. The van der Waals surface area contributed by atoms with Gasteiger partial charge in [0.1, 0.15) is 10.7 Å². The number of nitrogens with one attached hydrogen (secondary N) is 2. The van der Waals surface area contributed by atoms with Crippen LogP contribution in [0.1, 0.15) is 15.9 Å². The van der Waals surface area contributed by atoms with Crippen LogP contribution in [-0.2, 0) is 16.1 Å². The van der Waals surface area contributed by atoms with E-state index in [1.165, 1.54) is 0 Å². The van der Waals surface area contributed by atoms with Gasteiger partial charge in [0.05, 0.1) is 6.54 Å². The van der Waals surface area contributed by atoms with Gasteiger partial charge in [-0.25, -0.2) is 0 Å². The molecule has 0 aromatic heterocycles.